The molecule has 0 fully saturated rings. The van der Waals surface area contributed by atoms with Crippen LogP contribution in [0.2, 0.25) is 0 Å². The van der Waals surface area contributed by atoms with Crippen LogP contribution in [-0.4, -0.2) is 17.0 Å². The molecule has 2 rings (SSSR count). The minimum absolute atomic E-state index is 0.0361. The Labute approximate surface area is 136 Å². The van der Waals surface area contributed by atoms with E-state index in [-0.39, 0.29) is 11.7 Å². The number of carbonyl (C=O) groups excluding carboxylic acids is 1. The molecule has 0 unspecified atom stereocenters. The van der Waals surface area contributed by atoms with Gasteiger partial charge in [0.2, 0.25) is 0 Å². The largest absolute Gasteiger partial charge is 0.409 e. The predicted molar refractivity (Wildman–Crippen MR) is 90.8 cm³/mol. The standard InChI is InChI=1S/C15H14IN3O2/c1-9-4-2-7-12(13(9)14(17)19-21)18-15(20)10-5-3-6-11(16)8-10/h2-8,21H,1H3,(H2,17,19)(H,18,20). The van der Waals surface area contributed by atoms with Crippen LogP contribution < -0.4 is 11.1 Å². The molecule has 0 aliphatic heterocycles. The number of amidine groups is 1. The molecule has 0 aliphatic carbocycles. The first-order chi connectivity index (χ1) is 10.0. The fourth-order valence-electron chi connectivity index (χ4n) is 1.99. The van der Waals surface area contributed by atoms with Gasteiger partial charge in [0.25, 0.3) is 5.91 Å². The fraction of sp³-hybridized carbons (Fsp3) is 0.0667. The van der Waals surface area contributed by atoms with Gasteiger partial charge in [-0.25, -0.2) is 0 Å². The lowest BCUT2D eigenvalue weighted by molar-refractivity contribution is 0.102. The second-order valence-electron chi connectivity index (χ2n) is 4.45. The number of oxime groups is 1. The zero-order valence-electron chi connectivity index (χ0n) is 11.3. The molecule has 0 saturated carbocycles. The summed E-state index contributed by atoms with van der Waals surface area (Å²) in [5.41, 5.74) is 8.06. The van der Waals surface area contributed by atoms with Gasteiger partial charge in [-0.1, -0.05) is 23.4 Å². The lowest BCUT2D eigenvalue weighted by atomic mass is 10.1. The summed E-state index contributed by atoms with van der Waals surface area (Å²) in [4.78, 5) is 12.3. The van der Waals surface area contributed by atoms with E-state index in [4.69, 9.17) is 10.9 Å². The summed E-state index contributed by atoms with van der Waals surface area (Å²) >= 11 is 2.15. The van der Waals surface area contributed by atoms with E-state index in [9.17, 15) is 4.79 Å². The van der Waals surface area contributed by atoms with Crippen LogP contribution in [0.3, 0.4) is 0 Å². The molecular weight excluding hydrogens is 381 g/mol. The molecule has 6 heteroatoms. The normalized spacial score (nSPS) is 11.2. The van der Waals surface area contributed by atoms with Crippen LogP contribution in [0.25, 0.3) is 0 Å². The Morgan fingerprint density at radius 3 is 2.67 bits per heavy atom. The number of halogens is 1. The quantitative estimate of drug-likeness (QED) is 0.246. The first-order valence-electron chi connectivity index (χ1n) is 6.17. The molecule has 0 spiro atoms. The minimum Gasteiger partial charge on any atom is -0.409 e. The highest BCUT2D eigenvalue weighted by Crippen LogP contribution is 2.20. The van der Waals surface area contributed by atoms with Crippen molar-refractivity contribution in [3.8, 4) is 0 Å². The van der Waals surface area contributed by atoms with Gasteiger partial charge in [0.1, 0.15) is 0 Å². The van der Waals surface area contributed by atoms with E-state index in [0.717, 1.165) is 9.13 Å². The molecule has 1 amide bonds. The summed E-state index contributed by atoms with van der Waals surface area (Å²) in [6.07, 6.45) is 0. The third kappa shape index (κ3) is 3.52. The second kappa shape index (κ2) is 6.57. The van der Waals surface area contributed by atoms with Gasteiger partial charge in [-0.3, -0.25) is 4.79 Å². The Hall–Kier alpha value is -2.09. The lowest BCUT2D eigenvalue weighted by Gasteiger charge is -2.12. The molecule has 0 bridgehead atoms. The van der Waals surface area contributed by atoms with Crippen molar-refractivity contribution < 1.29 is 10.0 Å². The van der Waals surface area contributed by atoms with E-state index in [1.165, 1.54) is 0 Å². The summed E-state index contributed by atoms with van der Waals surface area (Å²) in [6.45, 7) is 1.83. The van der Waals surface area contributed by atoms with Crippen molar-refractivity contribution in [2.45, 2.75) is 6.92 Å². The second-order valence-corrected chi connectivity index (χ2v) is 5.69. The molecule has 108 valence electrons. The van der Waals surface area contributed by atoms with Gasteiger partial charge in [-0.05, 0) is 59.3 Å². The molecule has 2 aromatic carbocycles. The molecule has 2 aromatic rings. The van der Waals surface area contributed by atoms with Crippen LogP contribution in [0.15, 0.2) is 47.6 Å². The Bertz CT molecular complexity index is 714. The molecule has 0 aliphatic rings. The number of hydrogen-bond acceptors (Lipinski definition) is 3. The number of nitrogens with one attached hydrogen (secondary N) is 1. The van der Waals surface area contributed by atoms with Crippen molar-refractivity contribution >= 4 is 40.0 Å². The third-order valence-corrected chi connectivity index (χ3v) is 3.64. The summed E-state index contributed by atoms with van der Waals surface area (Å²) in [5.74, 6) is -0.280. The van der Waals surface area contributed by atoms with Crippen molar-refractivity contribution in [3.63, 3.8) is 0 Å². The third-order valence-electron chi connectivity index (χ3n) is 2.97. The first-order valence-corrected chi connectivity index (χ1v) is 7.25. The Balaban J connectivity index is 2.36. The van der Waals surface area contributed by atoms with Gasteiger partial charge < -0.3 is 16.3 Å². The van der Waals surface area contributed by atoms with Crippen molar-refractivity contribution in [2.75, 3.05) is 5.32 Å². The zero-order valence-corrected chi connectivity index (χ0v) is 13.5. The van der Waals surface area contributed by atoms with E-state index in [1.54, 1.807) is 24.3 Å². The summed E-state index contributed by atoms with van der Waals surface area (Å²) in [7, 11) is 0. The molecule has 0 aromatic heterocycles. The average Bonchev–Trinajstić information content (AvgIpc) is 2.46. The van der Waals surface area contributed by atoms with Gasteiger partial charge in [0, 0.05) is 14.7 Å². The van der Waals surface area contributed by atoms with Crippen LogP contribution in [0.1, 0.15) is 21.5 Å². The molecular formula is C15H14IN3O2. The average molecular weight is 395 g/mol. The number of benzene rings is 2. The fourth-order valence-corrected chi connectivity index (χ4v) is 2.53. The Morgan fingerprint density at radius 1 is 1.29 bits per heavy atom. The molecule has 0 radical (unpaired) electrons. The van der Waals surface area contributed by atoms with Gasteiger partial charge in [-0.2, -0.15) is 0 Å². The Morgan fingerprint density at radius 2 is 2.00 bits per heavy atom. The SMILES string of the molecule is Cc1cccc(NC(=O)c2cccc(I)c2)c1/C(N)=N/O. The highest BCUT2D eigenvalue weighted by atomic mass is 127. The maximum Gasteiger partial charge on any atom is 0.255 e. The van der Waals surface area contributed by atoms with Crippen molar-refractivity contribution in [1.29, 1.82) is 0 Å². The maximum atomic E-state index is 12.3. The molecule has 0 atom stereocenters. The molecule has 0 saturated heterocycles. The highest BCUT2D eigenvalue weighted by molar-refractivity contribution is 14.1. The number of carbonyl (C=O) groups is 1. The van der Waals surface area contributed by atoms with Crippen molar-refractivity contribution in [2.24, 2.45) is 10.9 Å². The Kier molecular flexibility index (Phi) is 4.79. The van der Waals surface area contributed by atoms with Gasteiger partial charge >= 0.3 is 0 Å². The smallest absolute Gasteiger partial charge is 0.255 e. The number of nitrogens with two attached hydrogens (primary N) is 1. The van der Waals surface area contributed by atoms with Gasteiger partial charge in [-0.15, -0.1) is 0 Å². The van der Waals surface area contributed by atoms with E-state index >= 15 is 0 Å². The molecule has 21 heavy (non-hydrogen) atoms. The van der Waals surface area contributed by atoms with Crippen LogP contribution in [-0.2, 0) is 0 Å². The highest BCUT2D eigenvalue weighted by Gasteiger charge is 2.13. The molecule has 5 nitrogen and oxygen atoms in total. The number of anilines is 1. The monoisotopic (exact) mass is 395 g/mol. The number of rotatable bonds is 3. The molecule has 4 N–H and O–H groups in total. The predicted octanol–water partition coefficient (Wildman–Crippen LogP) is 2.95. The van der Waals surface area contributed by atoms with E-state index in [2.05, 4.69) is 33.1 Å². The number of hydrogen-bond donors (Lipinski definition) is 3. The van der Waals surface area contributed by atoms with Crippen LogP contribution in [0, 0.1) is 10.5 Å². The van der Waals surface area contributed by atoms with Gasteiger partial charge in [0.15, 0.2) is 5.84 Å². The topological polar surface area (TPSA) is 87.7 Å². The first kappa shape index (κ1) is 15.3. The summed E-state index contributed by atoms with van der Waals surface area (Å²) in [6, 6.07) is 12.6. The van der Waals surface area contributed by atoms with E-state index < -0.39 is 0 Å². The van der Waals surface area contributed by atoms with E-state index in [0.29, 0.717) is 16.8 Å². The summed E-state index contributed by atoms with van der Waals surface area (Å²) in [5, 5.41) is 14.7. The van der Waals surface area contributed by atoms with Crippen LogP contribution >= 0.6 is 22.6 Å². The zero-order chi connectivity index (χ0) is 15.4. The van der Waals surface area contributed by atoms with Crippen molar-refractivity contribution in [1.82, 2.24) is 0 Å². The molecule has 0 heterocycles. The number of aryl methyl sites for hydroxylation is 1. The van der Waals surface area contributed by atoms with Gasteiger partial charge in [0.05, 0.1) is 5.69 Å². The van der Waals surface area contributed by atoms with Crippen LogP contribution in [0.4, 0.5) is 5.69 Å². The number of amides is 1. The minimum atomic E-state index is -0.244. The lowest BCUT2D eigenvalue weighted by Crippen LogP contribution is -2.20. The maximum absolute atomic E-state index is 12.3. The number of nitrogens with zero attached hydrogens (tertiary/aromatic N) is 1. The van der Waals surface area contributed by atoms with Crippen LogP contribution in [0.5, 0.6) is 0 Å². The van der Waals surface area contributed by atoms with Crippen molar-refractivity contribution in [3.05, 3.63) is 62.7 Å². The van der Waals surface area contributed by atoms with E-state index in [1.807, 2.05) is 25.1 Å². The summed E-state index contributed by atoms with van der Waals surface area (Å²) < 4.78 is 0.973.